The minimum Gasteiger partial charge on any atom is -0.306 e. The van der Waals surface area contributed by atoms with Crippen LogP contribution in [0.5, 0.6) is 0 Å². The van der Waals surface area contributed by atoms with Crippen LogP contribution in [0.25, 0.3) is 0 Å². The van der Waals surface area contributed by atoms with Gasteiger partial charge in [0.05, 0.1) is 4.92 Å². The Balaban J connectivity index is 2.12. The standard InChI is InChI=1S/C15H14F2N2O2/c1-10(11-3-2-4-13(16)7-11)18-9-12-8-14(17)5-6-15(12)19(20)21/h2-8,10,18H,9H2,1H3/t10-/m1/s1. The zero-order valence-electron chi connectivity index (χ0n) is 11.3. The monoisotopic (exact) mass is 292 g/mol. The average molecular weight is 292 g/mol. The van der Waals surface area contributed by atoms with E-state index in [4.69, 9.17) is 0 Å². The first-order valence-electron chi connectivity index (χ1n) is 6.39. The lowest BCUT2D eigenvalue weighted by Gasteiger charge is -2.14. The van der Waals surface area contributed by atoms with Crippen molar-refractivity contribution < 1.29 is 13.7 Å². The SMILES string of the molecule is C[C@@H](NCc1cc(F)ccc1[N+](=O)[O-])c1cccc(F)c1. The molecule has 21 heavy (non-hydrogen) atoms. The summed E-state index contributed by atoms with van der Waals surface area (Å²) in [4.78, 5) is 10.3. The minimum absolute atomic E-state index is 0.117. The summed E-state index contributed by atoms with van der Waals surface area (Å²) in [6, 6.07) is 9.17. The summed E-state index contributed by atoms with van der Waals surface area (Å²) in [6.45, 7) is 1.92. The molecule has 2 aromatic rings. The van der Waals surface area contributed by atoms with E-state index in [0.717, 1.165) is 18.2 Å². The van der Waals surface area contributed by atoms with Crippen LogP contribution in [0.3, 0.4) is 0 Å². The Morgan fingerprint density at radius 3 is 2.57 bits per heavy atom. The van der Waals surface area contributed by atoms with E-state index < -0.39 is 10.7 Å². The third-order valence-electron chi connectivity index (χ3n) is 3.19. The molecular formula is C15H14F2N2O2. The van der Waals surface area contributed by atoms with Gasteiger partial charge in [-0.15, -0.1) is 0 Å². The number of nitrogens with zero attached hydrogens (tertiary/aromatic N) is 1. The first kappa shape index (κ1) is 15.1. The molecular weight excluding hydrogens is 278 g/mol. The summed E-state index contributed by atoms with van der Waals surface area (Å²) in [6.07, 6.45) is 0. The van der Waals surface area contributed by atoms with Crippen molar-refractivity contribution in [2.45, 2.75) is 19.5 Å². The molecule has 1 atom stereocenters. The topological polar surface area (TPSA) is 55.2 Å². The molecule has 0 spiro atoms. The van der Waals surface area contributed by atoms with Crippen molar-refractivity contribution in [3.05, 3.63) is 75.3 Å². The molecule has 0 aliphatic rings. The van der Waals surface area contributed by atoms with Gasteiger partial charge in [0.2, 0.25) is 0 Å². The second kappa shape index (κ2) is 6.41. The molecule has 0 heterocycles. The van der Waals surface area contributed by atoms with Crippen molar-refractivity contribution >= 4 is 5.69 Å². The van der Waals surface area contributed by atoms with Crippen LogP contribution in [-0.4, -0.2) is 4.92 Å². The van der Waals surface area contributed by atoms with Crippen molar-refractivity contribution in [2.24, 2.45) is 0 Å². The maximum absolute atomic E-state index is 13.2. The molecule has 110 valence electrons. The fourth-order valence-electron chi connectivity index (χ4n) is 2.03. The smallest absolute Gasteiger partial charge is 0.274 e. The van der Waals surface area contributed by atoms with Crippen LogP contribution >= 0.6 is 0 Å². The number of benzene rings is 2. The van der Waals surface area contributed by atoms with E-state index in [-0.39, 0.29) is 29.7 Å². The Morgan fingerprint density at radius 2 is 1.90 bits per heavy atom. The highest BCUT2D eigenvalue weighted by Gasteiger charge is 2.15. The van der Waals surface area contributed by atoms with Crippen LogP contribution in [-0.2, 0) is 6.54 Å². The van der Waals surface area contributed by atoms with Gasteiger partial charge in [0, 0.05) is 24.2 Å². The zero-order chi connectivity index (χ0) is 15.4. The average Bonchev–Trinajstić information content (AvgIpc) is 2.44. The molecule has 1 N–H and O–H groups in total. The lowest BCUT2D eigenvalue weighted by molar-refractivity contribution is -0.385. The van der Waals surface area contributed by atoms with Crippen molar-refractivity contribution in [1.29, 1.82) is 0 Å². The molecule has 0 amide bonds. The number of nitro groups is 1. The Bertz CT molecular complexity index is 662. The Labute approximate surface area is 120 Å². The van der Waals surface area contributed by atoms with Gasteiger partial charge in [-0.1, -0.05) is 12.1 Å². The molecule has 2 rings (SSSR count). The fraction of sp³-hybridized carbons (Fsp3) is 0.200. The molecule has 0 aliphatic carbocycles. The van der Waals surface area contributed by atoms with Crippen molar-refractivity contribution in [3.8, 4) is 0 Å². The van der Waals surface area contributed by atoms with E-state index in [2.05, 4.69) is 5.32 Å². The highest BCUT2D eigenvalue weighted by atomic mass is 19.1. The number of nitrogens with one attached hydrogen (secondary N) is 1. The van der Waals surface area contributed by atoms with E-state index in [0.29, 0.717) is 5.56 Å². The molecule has 6 heteroatoms. The van der Waals surface area contributed by atoms with Gasteiger partial charge in [0.15, 0.2) is 0 Å². The minimum atomic E-state index is -0.552. The molecule has 0 saturated heterocycles. The summed E-state index contributed by atoms with van der Waals surface area (Å²) < 4.78 is 26.4. The normalized spacial score (nSPS) is 12.1. The summed E-state index contributed by atoms with van der Waals surface area (Å²) >= 11 is 0. The van der Waals surface area contributed by atoms with Crippen LogP contribution in [0.1, 0.15) is 24.1 Å². The second-order valence-corrected chi connectivity index (χ2v) is 4.69. The van der Waals surface area contributed by atoms with Gasteiger partial charge in [-0.25, -0.2) is 8.78 Å². The van der Waals surface area contributed by atoms with Gasteiger partial charge in [-0.2, -0.15) is 0 Å². The summed E-state index contributed by atoms with van der Waals surface area (Å²) in [5.41, 5.74) is 0.827. The van der Waals surface area contributed by atoms with Crippen molar-refractivity contribution in [2.75, 3.05) is 0 Å². The highest BCUT2D eigenvalue weighted by molar-refractivity contribution is 5.40. The molecule has 0 fully saturated rings. The Kier molecular flexibility index (Phi) is 4.59. The number of hydrogen-bond donors (Lipinski definition) is 1. The Hall–Kier alpha value is -2.34. The number of rotatable bonds is 5. The van der Waals surface area contributed by atoms with Gasteiger partial charge in [-0.05, 0) is 36.8 Å². The molecule has 0 aliphatic heterocycles. The number of hydrogen-bond acceptors (Lipinski definition) is 3. The Morgan fingerprint density at radius 1 is 1.19 bits per heavy atom. The van der Waals surface area contributed by atoms with Crippen LogP contribution in [0, 0.1) is 21.7 Å². The van der Waals surface area contributed by atoms with Crippen LogP contribution in [0.4, 0.5) is 14.5 Å². The van der Waals surface area contributed by atoms with E-state index in [1.165, 1.54) is 12.1 Å². The molecule has 0 unspecified atom stereocenters. The van der Waals surface area contributed by atoms with Crippen molar-refractivity contribution in [1.82, 2.24) is 5.32 Å². The lowest BCUT2D eigenvalue weighted by Crippen LogP contribution is -2.19. The van der Waals surface area contributed by atoms with Gasteiger partial charge in [0.1, 0.15) is 11.6 Å². The van der Waals surface area contributed by atoms with Gasteiger partial charge < -0.3 is 5.32 Å². The summed E-state index contributed by atoms with van der Waals surface area (Å²) in [5, 5.41) is 13.9. The molecule has 4 nitrogen and oxygen atoms in total. The molecule has 0 aromatic heterocycles. The van der Waals surface area contributed by atoms with Gasteiger partial charge in [-0.3, -0.25) is 10.1 Å². The molecule has 0 bridgehead atoms. The molecule has 2 aromatic carbocycles. The van der Waals surface area contributed by atoms with E-state index >= 15 is 0 Å². The largest absolute Gasteiger partial charge is 0.306 e. The van der Waals surface area contributed by atoms with Crippen LogP contribution < -0.4 is 5.32 Å². The predicted molar refractivity (Wildman–Crippen MR) is 74.7 cm³/mol. The van der Waals surface area contributed by atoms with Crippen LogP contribution in [0.2, 0.25) is 0 Å². The second-order valence-electron chi connectivity index (χ2n) is 4.69. The van der Waals surface area contributed by atoms with Crippen LogP contribution in [0.15, 0.2) is 42.5 Å². The van der Waals surface area contributed by atoms with E-state index in [1.807, 2.05) is 0 Å². The first-order valence-corrected chi connectivity index (χ1v) is 6.39. The maximum Gasteiger partial charge on any atom is 0.274 e. The predicted octanol–water partition coefficient (Wildman–Crippen LogP) is 3.72. The first-order chi connectivity index (χ1) is 9.97. The summed E-state index contributed by atoms with van der Waals surface area (Å²) in [7, 11) is 0. The van der Waals surface area contributed by atoms with Gasteiger partial charge >= 0.3 is 0 Å². The highest BCUT2D eigenvalue weighted by Crippen LogP contribution is 2.21. The third-order valence-corrected chi connectivity index (χ3v) is 3.19. The number of nitro benzene ring substituents is 1. The third kappa shape index (κ3) is 3.82. The van der Waals surface area contributed by atoms with E-state index in [1.54, 1.807) is 19.1 Å². The summed E-state index contributed by atoms with van der Waals surface area (Å²) in [5.74, 6) is -0.881. The number of halogens is 2. The fourth-order valence-corrected chi connectivity index (χ4v) is 2.03. The van der Waals surface area contributed by atoms with Gasteiger partial charge in [0.25, 0.3) is 5.69 Å². The van der Waals surface area contributed by atoms with E-state index in [9.17, 15) is 18.9 Å². The maximum atomic E-state index is 13.2. The quantitative estimate of drug-likeness (QED) is 0.675. The zero-order valence-corrected chi connectivity index (χ0v) is 11.3. The molecule has 0 radical (unpaired) electrons. The van der Waals surface area contributed by atoms with Crippen molar-refractivity contribution in [3.63, 3.8) is 0 Å². The lowest BCUT2D eigenvalue weighted by atomic mass is 10.1. The molecule has 0 saturated carbocycles.